The molecule has 0 saturated carbocycles. The molecule has 1 aliphatic heterocycles. The fourth-order valence-corrected chi connectivity index (χ4v) is 3.65. The van der Waals surface area contributed by atoms with Crippen molar-refractivity contribution in [1.29, 1.82) is 0 Å². The second-order valence-electron chi connectivity index (χ2n) is 5.92. The summed E-state index contributed by atoms with van der Waals surface area (Å²) in [5.41, 5.74) is 3.23. The number of fused-ring (bicyclic) bond motifs is 3. The van der Waals surface area contributed by atoms with Gasteiger partial charge in [-0.1, -0.05) is 25.1 Å². The summed E-state index contributed by atoms with van der Waals surface area (Å²) in [5, 5.41) is 2.42. The van der Waals surface area contributed by atoms with Crippen molar-refractivity contribution in [2.24, 2.45) is 5.92 Å². The van der Waals surface area contributed by atoms with Crippen LogP contribution in [0.2, 0.25) is 0 Å². The quantitative estimate of drug-likeness (QED) is 0.675. The predicted molar refractivity (Wildman–Crippen MR) is 85.5 cm³/mol. The molecule has 0 fully saturated rings. The van der Waals surface area contributed by atoms with Crippen LogP contribution in [-0.4, -0.2) is 15.5 Å². The molecule has 0 amide bonds. The Morgan fingerprint density at radius 2 is 2.14 bits per heavy atom. The average molecular weight is 294 g/mol. The summed E-state index contributed by atoms with van der Waals surface area (Å²) < 4.78 is 7.96. The second kappa shape index (κ2) is 4.83. The number of esters is 1. The molecule has 4 heteroatoms. The minimum absolute atomic E-state index is 0.244. The smallest absolute Gasteiger partial charge is 0.303 e. The first kappa shape index (κ1) is 13.3. The SMILES string of the molecule is CCC1Cn2c3ccccc3c3ccnc(c32)C1OC(C)=O. The number of carbonyl (C=O) groups excluding carboxylic acids is 1. The lowest BCUT2D eigenvalue weighted by atomic mass is 9.92. The summed E-state index contributed by atoms with van der Waals surface area (Å²) in [7, 11) is 0. The van der Waals surface area contributed by atoms with Gasteiger partial charge in [0.05, 0.1) is 5.52 Å². The van der Waals surface area contributed by atoms with Crippen molar-refractivity contribution in [2.45, 2.75) is 32.9 Å². The number of rotatable bonds is 2. The van der Waals surface area contributed by atoms with Gasteiger partial charge in [-0.05, 0) is 18.6 Å². The van der Waals surface area contributed by atoms with E-state index in [4.69, 9.17) is 4.74 Å². The van der Waals surface area contributed by atoms with Crippen LogP contribution >= 0.6 is 0 Å². The molecule has 1 aliphatic rings. The highest BCUT2D eigenvalue weighted by Crippen LogP contribution is 2.42. The number of carbonyl (C=O) groups is 1. The van der Waals surface area contributed by atoms with Crippen molar-refractivity contribution in [2.75, 3.05) is 0 Å². The van der Waals surface area contributed by atoms with Crippen LogP contribution in [0, 0.1) is 5.92 Å². The van der Waals surface area contributed by atoms with Crippen LogP contribution in [0.5, 0.6) is 0 Å². The molecule has 3 heterocycles. The number of hydrogen-bond donors (Lipinski definition) is 0. The van der Waals surface area contributed by atoms with Gasteiger partial charge < -0.3 is 9.30 Å². The molecule has 0 saturated heterocycles. The zero-order chi connectivity index (χ0) is 15.3. The van der Waals surface area contributed by atoms with Gasteiger partial charge in [0.2, 0.25) is 0 Å². The molecular weight excluding hydrogens is 276 g/mol. The molecule has 4 rings (SSSR count). The van der Waals surface area contributed by atoms with Crippen molar-refractivity contribution < 1.29 is 9.53 Å². The van der Waals surface area contributed by atoms with E-state index in [-0.39, 0.29) is 18.0 Å². The number of para-hydroxylation sites is 1. The van der Waals surface area contributed by atoms with E-state index >= 15 is 0 Å². The minimum atomic E-state index is -0.247. The van der Waals surface area contributed by atoms with Crippen molar-refractivity contribution in [3.8, 4) is 0 Å². The molecule has 2 aromatic heterocycles. The summed E-state index contributed by atoms with van der Waals surface area (Å²) in [6.07, 6.45) is 2.52. The summed E-state index contributed by atoms with van der Waals surface area (Å²) in [5.74, 6) is 0.0112. The van der Waals surface area contributed by atoms with Crippen molar-refractivity contribution in [3.63, 3.8) is 0 Å². The Labute approximate surface area is 128 Å². The molecule has 0 radical (unpaired) electrons. The van der Waals surface area contributed by atoms with E-state index in [0.717, 1.165) is 24.2 Å². The van der Waals surface area contributed by atoms with Crippen LogP contribution in [0.25, 0.3) is 21.8 Å². The molecule has 2 unspecified atom stereocenters. The Kier molecular flexibility index (Phi) is 2.93. The molecule has 0 bridgehead atoms. The van der Waals surface area contributed by atoms with Crippen molar-refractivity contribution in [1.82, 2.24) is 9.55 Å². The number of ether oxygens (including phenoxy) is 1. The van der Waals surface area contributed by atoms with Gasteiger partial charge in [-0.3, -0.25) is 9.78 Å². The van der Waals surface area contributed by atoms with Gasteiger partial charge in [0.1, 0.15) is 5.69 Å². The summed E-state index contributed by atoms with van der Waals surface area (Å²) in [6, 6.07) is 10.5. The third-order valence-electron chi connectivity index (χ3n) is 4.64. The van der Waals surface area contributed by atoms with E-state index in [9.17, 15) is 4.79 Å². The van der Waals surface area contributed by atoms with Gasteiger partial charge in [-0.15, -0.1) is 0 Å². The maximum atomic E-state index is 11.5. The largest absolute Gasteiger partial charge is 0.456 e. The molecule has 2 atom stereocenters. The highest BCUT2D eigenvalue weighted by atomic mass is 16.5. The first-order valence-electron chi connectivity index (χ1n) is 7.73. The third kappa shape index (κ3) is 1.76. The Bertz CT molecular complexity index is 881. The van der Waals surface area contributed by atoms with E-state index in [1.807, 2.05) is 6.20 Å². The van der Waals surface area contributed by atoms with Gasteiger partial charge in [-0.2, -0.15) is 0 Å². The number of aromatic nitrogens is 2. The van der Waals surface area contributed by atoms with Crippen molar-refractivity contribution >= 4 is 27.8 Å². The van der Waals surface area contributed by atoms with Gasteiger partial charge in [0, 0.05) is 41.9 Å². The Hall–Kier alpha value is -2.36. The monoisotopic (exact) mass is 294 g/mol. The normalized spacial score (nSPS) is 20.5. The first-order chi connectivity index (χ1) is 10.7. The van der Waals surface area contributed by atoms with Gasteiger partial charge >= 0.3 is 5.97 Å². The van der Waals surface area contributed by atoms with Crippen LogP contribution in [0.1, 0.15) is 32.1 Å². The lowest BCUT2D eigenvalue weighted by Gasteiger charge is -2.31. The van der Waals surface area contributed by atoms with Gasteiger partial charge in [0.15, 0.2) is 6.10 Å². The Morgan fingerprint density at radius 3 is 2.91 bits per heavy atom. The van der Waals surface area contributed by atoms with Crippen LogP contribution in [0.3, 0.4) is 0 Å². The molecule has 0 aliphatic carbocycles. The second-order valence-corrected chi connectivity index (χ2v) is 5.92. The molecule has 3 aromatic rings. The standard InChI is InChI=1S/C18H18N2O2/c1-3-12-10-20-15-7-5-4-6-13(15)14-8-9-19-16(17(14)20)18(12)22-11(2)21/h4-9,12,18H,3,10H2,1-2H3. The van der Waals surface area contributed by atoms with Gasteiger partial charge in [0.25, 0.3) is 0 Å². The molecule has 0 spiro atoms. The zero-order valence-corrected chi connectivity index (χ0v) is 12.7. The van der Waals surface area contributed by atoms with Crippen LogP contribution < -0.4 is 0 Å². The maximum absolute atomic E-state index is 11.5. The zero-order valence-electron chi connectivity index (χ0n) is 12.7. The fraction of sp³-hybridized carbons (Fsp3) is 0.333. The summed E-state index contributed by atoms with van der Waals surface area (Å²) >= 11 is 0. The Morgan fingerprint density at radius 1 is 1.32 bits per heavy atom. The number of pyridine rings is 1. The molecule has 0 N–H and O–H groups in total. The summed E-state index contributed by atoms with van der Waals surface area (Å²) in [6.45, 7) is 4.46. The lowest BCUT2D eigenvalue weighted by Crippen LogP contribution is -2.28. The predicted octanol–water partition coefficient (Wildman–Crippen LogP) is 3.83. The fourth-order valence-electron chi connectivity index (χ4n) is 3.65. The van der Waals surface area contributed by atoms with E-state index in [1.54, 1.807) is 0 Å². The minimum Gasteiger partial charge on any atom is -0.456 e. The van der Waals surface area contributed by atoms with Gasteiger partial charge in [-0.25, -0.2) is 0 Å². The lowest BCUT2D eigenvalue weighted by molar-refractivity contribution is -0.150. The Balaban J connectivity index is 2.05. The van der Waals surface area contributed by atoms with Crippen LogP contribution in [0.15, 0.2) is 36.5 Å². The van der Waals surface area contributed by atoms with Crippen LogP contribution in [0.4, 0.5) is 0 Å². The topological polar surface area (TPSA) is 44.1 Å². The highest BCUT2D eigenvalue weighted by Gasteiger charge is 2.34. The van der Waals surface area contributed by atoms with Crippen molar-refractivity contribution in [3.05, 3.63) is 42.2 Å². The molecule has 22 heavy (non-hydrogen) atoms. The molecule has 4 nitrogen and oxygen atoms in total. The average Bonchev–Trinajstić information content (AvgIpc) is 2.85. The molecular formula is C18H18N2O2. The first-order valence-corrected chi connectivity index (χ1v) is 7.73. The number of nitrogens with zero attached hydrogens (tertiary/aromatic N) is 2. The third-order valence-corrected chi connectivity index (χ3v) is 4.64. The number of hydrogen-bond acceptors (Lipinski definition) is 3. The van der Waals surface area contributed by atoms with E-state index in [2.05, 4.69) is 46.8 Å². The van der Waals surface area contributed by atoms with Crippen LogP contribution in [-0.2, 0) is 16.1 Å². The van der Waals surface area contributed by atoms with E-state index in [1.165, 1.54) is 23.2 Å². The molecule has 112 valence electrons. The van der Waals surface area contributed by atoms with E-state index in [0.29, 0.717) is 0 Å². The van der Waals surface area contributed by atoms with E-state index < -0.39 is 0 Å². The summed E-state index contributed by atoms with van der Waals surface area (Å²) in [4.78, 5) is 16.1. The maximum Gasteiger partial charge on any atom is 0.303 e. The highest BCUT2D eigenvalue weighted by molar-refractivity contribution is 6.09. The number of benzene rings is 1. The molecule has 1 aromatic carbocycles.